The topological polar surface area (TPSA) is 138 Å². The Morgan fingerprint density at radius 1 is 0.684 bits per heavy atom. The molecular formula is C12H14N4O2S. The van der Waals surface area contributed by atoms with E-state index >= 15 is 0 Å². The van der Waals surface area contributed by atoms with Crippen molar-refractivity contribution in [3.8, 4) is 0 Å². The Labute approximate surface area is 110 Å². The Bertz CT molecular complexity index is 684. The summed E-state index contributed by atoms with van der Waals surface area (Å²) in [5, 5.41) is 0. The second-order valence-corrected chi connectivity index (χ2v) is 5.98. The van der Waals surface area contributed by atoms with Crippen molar-refractivity contribution in [3.05, 3.63) is 36.4 Å². The molecule has 0 aliphatic heterocycles. The van der Waals surface area contributed by atoms with Crippen LogP contribution in [0.2, 0.25) is 0 Å². The maximum absolute atomic E-state index is 12.5. The maximum atomic E-state index is 12.5. The van der Waals surface area contributed by atoms with Crippen LogP contribution >= 0.6 is 0 Å². The highest BCUT2D eigenvalue weighted by atomic mass is 32.2. The summed E-state index contributed by atoms with van der Waals surface area (Å²) < 4.78 is 25.0. The fraction of sp³-hybridized carbons (Fsp3) is 0. The van der Waals surface area contributed by atoms with E-state index in [1.54, 1.807) is 0 Å². The van der Waals surface area contributed by atoms with E-state index in [1.807, 2.05) is 0 Å². The summed E-state index contributed by atoms with van der Waals surface area (Å²) in [6.45, 7) is 0. The van der Waals surface area contributed by atoms with E-state index in [2.05, 4.69) is 0 Å². The lowest BCUT2D eigenvalue weighted by molar-refractivity contribution is 0.597. The molecule has 0 atom stereocenters. The first-order valence-corrected chi connectivity index (χ1v) is 6.86. The summed E-state index contributed by atoms with van der Waals surface area (Å²) in [4.78, 5) is -0.158. The van der Waals surface area contributed by atoms with E-state index in [9.17, 15) is 8.42 Å². The number of nitrogen functional groups attached to an aromatic ring is 4. The van der Waals surface area contributed by atoms with Gasteiger partial charge >= 0.3 is 0 Å². The summed E-state index contributed by atoms with van der Waals surface area (Å²) in [5.41, 5.74) is 23.4. The normalized spacial score (nSPS) is 11.4. The van der Waals surface area contributed by atoms with Crippen LogP contribution in [0.15, 0.2) is 46.2 Å². The van der Waals surface area contributed by atoms with Gasteiger partial charge < -0.3 is 22.9 Å². The molecule has 8 N–H and O–H groups in total. The molecule has 0 aliphatic rings. The van der Waals surface area contributed by atoms with Gasteiger partial charge in [-0.15, -0.1) is 0 Å². The summed E-state index contributed by atoms with van der Waals surface area (Å²) in [5.74, 6) is 0. The van der Waals surface area contributed by atoms with E-state index < -0.39 is 9.84 Å². The molecule has 100 valence electrons. The van der Waals surface area contributed by atoms with Gasteiger partial charge in [-0.1, -0.05) is 0 Å². The average molecular weight is 278 g/mol. The van der Waals surface area contributed by atoms with Crippen LogP contribution in [-0.4, -0.2) is 8.42 Å². The quantitative estimate of drug-likeness (QED) is 0.601. The lowest BCUT2D eigenvalue weighted by Gasteiger charge is -2.11. The van der Waals surface area contributed by atoms with Crippen molar-refractivity contribution in [2.75, 3.05) is 22.9 Å². The van der Waals surface area contributed by atoms with E-state index in [0.29, 0.717) is 11.4 Å². The minimum atomic E-state index is -3.86. The van der Waals surface area contributed by atoms with Gasteiger partial charge in [-0.3, -0.25) is 0 Å². The fourth-order valence-electron chi connectivity index (χ4n) is 1.69. The molecule has 2 aromatic rings. The second kappa shape index (κ2) is 4.36. The molecule has 0 saturated heterocycles. The zero-order chi connectivity index (χ0) is 14.2. The van der Waals surface area contributed by atoms with Crippen molar-refractivity contribution < 1.29 is 8.42 Å². The largest absolute Gasteiger partial charge is 0.399 e. The SMILES string of the molecule is Nc1ccc(N)c(S(=O)(=O)c2cc(N)ccc2N)c1. The highest BCUT2D eigenvalue weighted by Crippen LogP contribution is 2.31. The number of benzene rings is 2. The molecule has 0 amide bonds. The van der Waals surface area contributed by atoms with Crippen LogP contribution < -0.4 is 22.9 Å². The van der Waals surface area contributed by atoms with E-state index in [4.69, 9.17) is 22.9 Å². The van der Waals surface area contributed by atoms with Crippen LogP contribution in [-0.2, 0) is 9.84 Å². The van der Waals surface area contributed by atoms with Crippen molar-refractivity contribution in [2.45, 2.75) is 9.79 Å². The number of nitrogens with two attached hydrogens (primary N) is 4. The molecule has 0 unspecified atom stereocenters. The monoisotopic (exact) mass is 278 g/mol. The zero-order valence-corrected chi connectivity index (χ0v) is 10.8. The molecule has 2 rings (SSSR count). The Hall–Kier alpha value is -2.41. The Kier molecular flexibility index (Phi) is 2.99. The van der Waals surface area contributed by atoms with Gasteiger partial charge in [0.15, 0.2) is 0 Å². The molecule has 6 nitrogen and oxygen atoms in total. The molecule has 0 aliphatic carbocycles. The molecule has 0 heterocycles. The van der Waals surface area contributed by atoms with Crippen molar-refractivity contribution in [2.24, 2.45) is 0 Å². The lowest BCUT2D eigenvalue weighted by Crippen LogP contribution is -2.09. The minimum Gasteiger partial charge on any atom is -0.399 e. The van der Waals surface area contributed by atoms with Crippen LogP contribution in [0.5, 0.6) is 0 Å². The van der Waals surface area contributed by atoms with Gasteiger partial charge in [0.1, 0.15) is 0 Å². The predicted octanol–water partition coefficient (Wildman–Crippen LogP) is 0.848. The standard InChI is InChI=1S/C12H14N4O2S/c13-7-1-3-9(15)11(5-7)19(17,18)12-6-8(14)2-4-10(12)16/h1-6H,13-16H2. The highest BCUT2D eigenvalue weighted by molar-refractivity contribution is 7.91. The third-order valence-electron chi connectivity index (χ3n) is 2.65. The zero-order valence-electron chi connectivity index (χ0n) is 10.00. The van der Waals surface area contributed by atoms with E-state index in [1.165, 1.54) is 36.4 Å². The molecule has 0 radical (unpaired) electrons. The smallest absolute Gasteiger partial charge is 0.210 e. The van der Waals surface area contributed by atoms with Crippen molar-refractivity contribution >= 4 is 32.6 Å². The first-order chi connectivity index (χ1) is 8.82. The van der Waals surface area contributed by atoms with Gasteiger partial charge in [0, 0.05) is 11.4 Å². The number of hydrogen-bond acceptors (Lipinski definition) is 6. The van der Waals surface area contributed by atoms with Gasteiger partial charge in [0.25, 0.3) is 0 Å². The van der Waals surface area contributed by atoms with Crippen LogP contribution in [0, 0.1) is 0 Å². The molecule has 0 spiro atoms. The summed E-state index contributed by atoms with van der Waals surface area (Å²) in [6.07, 6.45) is 0. The molecular weight excluding hydrogens is 264 g/mol. The number of sulfone groups is 1. The van der Waals surface area contributed by atoms with Gasteiger partial charge in [0.05, 0.1) is 21.2 Å². The molecule has 19 heavy (non-hydrogen) atoms. The Balaban J connectivity index is 2.72. The second-order valence-electron chi connectivity index (χ2n) is 4.10. The van der Waals surface area contributed by atoms with Gasteiger partial charge in [-0.2, -0.15) is 0 Å². The molecule has 2 aromatic carbocycles. The number of rotatable bonds is 2. The van der Waals surface area contributed by atoms with Crippen LogP contribution in [0.1, 0.15) is 0 Å². The summed E-state index contributed by atoms with van der Waals surface area (Å²) in [7, 11) is -3.86. The van der Waals surface area contributed by atoms with Crippen molar-refractivity contribution in [3.63, 3.8) is 0 Å². The van der Waals surface area contributed by atoms with E-state index in [0.717, 1.165) is 0 Å². The third kappa shape index (κ3) is 2.27. The Morgan fingerprint density at radius 2 is 1.05 bits per heavy atom. The first kappa shape index (κ1) is 13.0. The molecule has 0 bridgehead atoms. The third-order valence-corrected chi connectivity index (χ3v) is 4.52. The summed E-state index contributed by atoms with van der Waals surface area (Å²) in [6, 6.07) is 8.52. The lowest BCUT2D eigenvalue weighted by atomic mass is 10.3. The van der Waals surface area contributed by atoms with Gasteiger partial charge in [0.2, 0.25) is 9.84 Å². The van der Waals surface area contributed by atoms with Gasteiger partial charge in [-0.25, -0.2) is 8.42 Å². The van der Waals surface area contributed by atoms with E-state index in [-0.39, 0.29) is 21.2 Å². The molecule has 0 saturated carbocycles. The number of anilines is 4. The van der Waals surface area contributed by atoms with Crippen molar-refractivity contribution in [1.29, 1.82) is 0 Å². The Morgan fingerprint density at radius 3 is 1.42 bits per heavy atom. The fourth-order valence-corrected chi connectivity index (χ4v) is 3.26. The van der Waals surface area contributed by atoms with Crippen LogP contribution in [0.3, 0.4) is 0 Å². The van der Waals surface area contributed by atoms with Crippen LogP contribution in [0.4, 0.5) is 22.7 Å². The summed E-state index contributed by atoms with van der Waals surface area (Å²) >= 11 is 0. The van der Waals surface area contributed by atoms with Crippen molar-refractivity contribution in [1.82, 2.24) is 0 Å². The molecule has 0 fully saturated rings. The first-order valence-electron chi connectivity index (χ1n) is 5.37. The predicted molar refractivity (Wildman–Crippen MR) is 76.0 cm³/mol. The minimum absolute atomic E-state index is 0.0789. The number of hydrogen-bond donors (Lipinski definition) is 4. The van der Waals surface area contributed by atoms with Gasteiger partial charge in [-0.05, 0) is 36.4 Å². The van der Waals surface area contributed by atoms with Crippen LogP contribution in [0.25, 0.3) is 0 Å². The average Bonchev–Trinajstić information content (AvgIpc) is 2.35. The highest BCUT2D eigenvalue weighted by Gasteiger charge is 2.23. The maximum Gasteiger partial charge on any atom is 0.210 e. The molecule has 0 aromatic heterocycles. The molecule has 7 heteroatoms.